The number of hydrogen-bond donors (Lipinski definition) is 1. The van der Waals surface area contributed by atoms with Gasteiger partial charge in [-0.15, -0.1) is 0 Å². The van der Waals surface area contributed by atoms with Gasteiger partial charge in [-0.05, 0) is 31.2 Å². The van der Waals surface area contributed by atoms with E-state index in [0.29, 0.717) is 21.5 Å². The standard InChI is InChI=1S/C16H11Cl3N2O2S/c1-8(24-16-20-12-4-2-3-5-13(12)23-16)15(22)21-14-10(18)6-9(17)7-11(14)19/h2-8H,1H3,(H,21,22)/t8-/m1/s1. The van der Waals surface area contributed by atoms with Gasteiger partial charge < -0.3 is 9.73 Å². The molecule has 1 N–H and O–H groups in total. The number of carbonyl (C=O) groups is 1. The lowest BCUT2D eigenvalue weighted by molar-refractivity contribution is -0.115. The summed E-state index contributed by atoms with van der Waals surface area (Å²) in [4.78, 5) is 16.7. The molecule has 0 bridgehead atoms. The van der Waals surface area contributed by atoms with E-state index in [0.717, 1.165) is 5.52 Å². The van der Waals surface area contributed by atoms with Crippen molar-refractivity contribution in [2.45, 2.75) is 17.4 Å². The number of aromatic nitrogens is 1. The van der Waals surface area contributed by atoms with Crippen molar-refractivity contribution in [2.24, 2.45) is 0 Å². The van der Waals surface area contributed by atoms with E-state index in [-0.39, 0.29) is 16.0 Å². The Labute approximate surface area is 157 Å². The van der Waals surface area contributed by atoms with E-state index in [9.17, 15) is 4.79 Å². The Bertz CT molecular complexity index is 857. The van der Waals surface area contributed by atoms with Crippen LogP contribution >= 0.6 is 46.6 Å². The van der Waals surface area contributed by atoms with Gasteiger partial charge in [0.15, 0.2) is 5.58 Å². The van der Waals surface area contributed by atoms with Gasteiger partial charge in [-0.25, -0.2) is 4.98 Å². The molecule has 3 aromatic rings. The highest BCUT2D eigenvalue weighted by atomic mass is 35.5. The van der Waals surface area contributed by atoms with Crippen LogP contribution in [0.5, 0.6) is 0 Å². The molecule has 3 rings (SSSR count). The Morgan fingerprint density at radius 3 is 2.54 bits per heavy atom. The second kappa shape index (κ2) is 7.23. The molecule has 24 heavy (non-hydrogen) atoms. The van der Waals surface area contributed by atoms with Crippen molar-refractivity contribution < 1.29 is 9.21 Å². The van der Waals surface area contributed by atoms with Crippen molar-refractivity contribution in [3.05, 3.63) is 51.5 Å². The first-order valence-electron chi connectivity index (χ1n) is 6.91. The molecule has 0 radical (unpaired) electrons. The molecule has 1 amide bonds. The first kappa shape index (κ1) is 17.4. The lowest BCUT2D eigenvalue weighted by atomic mass is 10.3. The molecule has 124 valence electrons. The lowest BCUT2D eigenvalue weighted by Gasteiger charge is -2.13. The molecule has 0 aliphatic rings. The monoisotopic (exact) mass is 400 g/mol. The van der Waals surface area contributed by atoms with Crippen molar-refractivity contribution in [3.63, 3.8) is 0 Å². The molecule has 0 fully saturated rings. The van der Waals surface area contributed by atoms with Gasteiger partial charge in [-0.1, -0.05) is 58.7 Å². The highest BCUT2D eigenvalue weighted by Gasteiger charge is 2.20. The maximum Gasteiger partial charge on any atom is 0.257 e. The number of halogens is 3. The van der Waals surface area contributed by atoms with Gasteiger partial charge in [0, 0.05) is 5.02 Å². The van der Waals surface area contributed by atoms with Crippen LogP contribution in [0.3, 0.4) is 0 Å². The molecule has 1 atom stereocenters. The van der Waals surface area contributed by atoms with Crippen molar-refractivity contribution in [1.82, 2.24) is 4.98 Å². The number of nitrogens with one attached hydrogen (secondary N) is 1. The number of fused-ring (bicyclic) bond motifs is 1. The zero-order valence-corrected chi connectivity index (χ0v) is 15.4. The maximum absolute atomic E-state index is 12.4. The molecule has 0 saturated carbocycles. The molecule has 2 aromatic carbocycles. The summed E-state index contributed by atoms with van der Waals surface area (Å²) in [6, 6.07) is 10.4. The van der Waals surface area contributed by atoms with Crippen molar-refractivity contribution >= 4 is 69.3 Å². The van der Waals surface area contributed by atoms with Crippen LogP contribution in [0.15, 0.2) is 46.0 Å². The van der Waals surface area contributed by atoms with Crippen molar-refractivity contribution in [1.29, 1.82) is 0 Å². The predicted molar refractivity (Wildman–Crippen MR) is 99.4 cm³/mol. The normalized spacial score (nSPS) is 12.3. The number of oxazole rings is 1. The Morgan fingerprint density at radius 1 is 1.21 bits per heavy atom. The molecular formula is C16H11Cl3N2O2S. The van der Waals surface area contributed by atoms with Gasteiger partial charge in [0.05, 0.1) is 21.0 Å². The number of nitrogens with zero attached hydrogens (tertiary/aromatic N) is 1. The molecule has 0 saturated heterocycles. The predicted octanol–water partition coefficient (Wildman–Crippen LogP) is 5.91. The number of para-hydroxylation sites is 2. The zero-order chi connectivity index (χ0) is 17.3. The summed E-state index contributed by atoms with van der Waals surface area (Å²) < 4.78 is 5.60. The Kier molecular flexibility index (Phi) is 5.25. The Balaban J connectivity index is 1.73. The quantitative estimate of drug-likeness (QED) is 0.552. The zero-order valence-electron chi connectivity index (χ0n) is 12.3. The minimum absolute atomic E-state index is 0.270. The third-order valence-corrected chi connectivity index (χ3v) is 4.93. The van der Waals surface area contributed by atoms with E-state index in [1.807, 2.05) is 24.3 Å². The molecule has 0 unspecified atom stereocenters. The highest BCUT2D eigenvalue weighted by Crippen LogP contribution is 2.34. The molecule has 1 aromatic heterocycles. The largest absolute Gasteiger partial charge is 0.431 e. The second-order valence-corrected chi connectivity index (χ2v) is 7.48. The molecule has 0 aliphatic carbocycles. The molecule has 8 heteroatoms. The number of thioether (sulfide) groups is 1. The van der Waals surface area contributed by atoms with Crippen molar-refractivity contribution in [3.8, 4) is 0 Å². The number of hydrogen-bond acceptors (Lipinski definition) is 4. The molecule has 0 aliphatic heterocycles. The number of rotatable bonds is 4. The maximum atomic E-state index is 12.4. The topological polar surface area (TPSA) is 55.1 Å². The van der Waals surface area contributed by atoms with E-state index in [1.165, 1.54) is 23.9 Å². The number of benzene rings is 2. The first-order chi connectivity index (χ1) is 11.4. The van der Waals surface area contributed by atoms with E-state index in [2.05, 4.69) is 10.3 Å². The third-order valence-electron chi connectivity index (χ3n) is 3.18. The van der Waals surface area contributed by atoms with E-state index >= 15 is 0 Å². The molecule has 4 nitrogen and oxygen atoms in total. The smallest absolute Gasteiger partial charge is 0.257 e. The van der Waals surface area contributed by atoms with Gasteiger partial charge >= 0.3 is 0 Å². The van der Waals surface area contributed by atoms with Crippen molar-refractivity contribution in [2.75, 3.05) is 5.32 Å². The van der Waals surface area contributed by atoms with Crippen LogP contribution < -0.4 is 5.32 Å². The summed E-state index contributed by atoms with van der Waals surface area (Å²) in [6.45, 7) is 1.74. The summed E-state index contributed by atoms with van der Waals surface area (Å²) in [5.41, 5.74) is 1.76. The fourth-order valence-electron chi connectivity index (χ4n) is 1.99. The summed E-state index contributed by atoms with van der Waals surface area (Å²) in [6.07, 6.45) is 0. The SMILES string of the molecule is C[C@@H](Sc1nc2ccccc2o1)C(=O)Nc1c(Cl)cc(Cl)cc1Cl. The number of amides is 1. The van der Waals surface area contributed by atoms with Crippen LogP contribution in [0.1, 0.15) is 6.92 Å². The minimum atomic E-state index is -0.458. The summed E-state index contributed by atoms with van der Waals surface area (Å²) >= 11 is 19.2. The van der Waals surface area contributed by atoms with Crippen LogP contribution in [-0.4, -0.2) is 16.1 Å². The average molecular weight is 402 g/mol. The fourth-order valence-corrected chi connectivity index (χ4v) is 3.66. The van der Waals surface area contributed by atoms with Crippen LogP contribution in [0.2, 0.25) is 15.1 Å². The van der Waals surface area contributed by atoms with E-state index in [4.69, 9.17) is 39.2 Å². The van der Waals surface area contributed by atoms with Gasteiger partial charge in [-0.3, -0.25) is 4.79 Å². The Hall–Kier alpha value is -1.40. The number of anilines is 1. The number of carbonyl (C=O) groups excluding carboxylic acids is 1. The van der Waals surface area contributed by atoms with E-state index in [1.54, 1.807) is 6.92 Å². The van der Waals surface area contributed by atoms with E-state index < -0.39 is 5.25 Å². The molecule has 0 spiro atoms. The van der Waals surface area contributed by atoms with Crippen LogP contribution in [-0.2, 0) is 4.79 Å². The lowest BCUT2D eigenvalue weighted by Crippen LogP contribution is -2.22. The Morgan fingerprint density at radius 2 is 1.88 bits per heavy atom. The van der Waals surface area contributed by atoms with Gasteiger partial charge in [0.25, 0.3) is 5.22 Å². The fraction of sp³-hybridized carbons (Fsp3) is 0.125. The second-order valence-electron chi connectivity index (χ2n) is 4.94. The highest BCUT2D eigenvalue weighted by molar-refractivity contribution is 8.00. The minimum Gasteiger partial charge on any atom is -0.431 e. The molecular weight excluding hydrogens is 391 g/mol. The molecule has 1 heterocycles. The van der Waals surface area contributed by atoms with Gasteiger partial charge in [0.1, 0.15) is 5.52 Å². The van der Waals surface area contributed by atoms with Gasteiger partial charge in [-0.2, -0.15) is 0 Å². The van der Waals surface area contributed by atoms with Gasteiger partial charge in [0.2, 0.25) is 5.91 Å². The third kappa shape index (κ3) is 3.81. The summed E-state index contributed by atoms with van der Waals surface area (Å²) in [5.74, 6) is -0.270. The average Bonchev–Trinajstić information content (AvgIpc) is 2.92. The van der Waals surface area contributed by atoms with Crippen LogP contribution in [0.25, 0.3) is 11.1 Å². The van der Waals surface area contributed by atoms with Crippen LogP contribution in [0, 0.1) is 0 Å². The van der Waals surface area contributed by atoms with Crippen LogP contribution in [0.4, 0.5) is 5.69 Å². The first-order valence-corrected chi connectivity index (χ1v) is 8.93. The summed E-state index contributed by atoms with van der Waals surface area (Å²) in [7, 11) is 0. The summed E-state index contributed by atoms with van der Waals surface area (Å²) in [5, 5.41) is 3.63.